The zero-order valence-corrected chi connectivity index (χ0v) is 25.6. The van der Waals surface area contributed by atoms with E-state index in [0.29, 0.717) is 42.0 Å². The molecule has 4 heteroatoms. The van der Waals surface area contributed by atoms with Crippen LogP contribution in [0.5, 0.6) is 0 Å². The van der Waals surface area contributed by atoms with Gasteiger partial charge < -0.3 is 10.4 Å². The van der Waals surface area contributed by atoms with E-state index >= 15 is 0 Å². The molecule has 2 N–H and O–H groups in total. The molecule has 0 heterocycles. The maximum absolute atomic E-state index is 13.9. The minimum absolute atomic E-state index is 0.0121. The number of allylic oxidation sites excluding steroid dienone is 2. The number of carbonyl (C=O) groups excluding carboxylic acids is 1. The van der Waals surface area contributed by atoms with Crippen LogP contribution in [0.3, 0.4) is 0 Å². The SMILES string of the molecule is C[C@H]1[C@H](C)CC[C@]2(C(=O)NCCBr)CC[C@]3(C)C(=CC[C@@H]4[C@@]5(C)CC[C@H](O)C(C)(C)[C@@H]5CC[C@]43C)[C@H]12. The third-order valence-electron chi connectivity index (χ3n) is 13.8. The lowest BCUT2D eigenvalue weighted by Gasteiger charge is -2.71. The fourth-order valence-electron chi connectivity index (χ4n) is 11.2. The largest absolute Gasteiger partial charge is 0.393 e. The fourth-order valence-corrected chi connectivity index (χ4v) is 11.4. The minimum atomic E-state index is -0.235. The Morgan fingerprint density at radius 2 is 1.72 bits per heavy atom. The van der Waals surface area contributed by atoms with Crippen LogP contribution < -0.4 is 5.32 Å². The Labute approximate surface area is 229 Å². The van der Waals surface area contributed by atoms with E-state index in [1.165, 1.54) is 19.3 Å². The Bertz CT molecular complexity index is 929. The predicted octanol–water partition coefficient (Wildman–Crippen LogP) is 7.52. The summed E-state index contributed by atoms with van der Waals surface area (Å²) in [6.07, 6.45) is 12.6. The number of fused-ring (bicyclic) bond motifs is 7. The lowest BCUT2D eigenvalue weighted by Crippen LogP contribution is -2.66. The lowest BCUT2D eigenvalue weighted by atomic mass is 9.33. The number of halogens is 1. The maximum atomic E-state index is 13.9. The first-order valence-electron chi connectivity index (χ1n) is 15.0. The second-order valence-corrected chi connectivity index (χ2v) is 15.9. The van der Waals surface area contributed by atoms with Crippen LogP contribution in [0.2, 0.25) is 0 Å². The summed E-state index contributed by atoms with van der Waals surface area (Å²) in [6.45, 7) is 18.1. The minimum Gasteiger partial charge on any atom is -0.393 e. The molecular formula is C32H52BrNO2. The first-order chi connectivity index (χ1) is 16.8. The van der Waals surface area contributed by atoms with Gasteiger partial charge in [0.2, 0.25) is 5.91 Å². The molecule has 0 aromatic rings. The highest BCUT2D eigenvalue weighted by Crippen LogP contribution is 2.75. The van der Waals surface area contributed by atoms with Gasteiger partial charge in [-0.05, 0) is 109 Å². The van der Waals surface area contributed by atoms with Crippen molar-refractivity contribution in [3.8, 4) is 0 Å². The number of rotatable bonds is 3. The standard InChI is InChI=1S/C32H52BrNO2/c1-20-10-15-32(27(36)34-19-18-33)17-16-30(6)22(26(32)21(20)2)8-9-24-29(5)13-12-25(35)28(3,4)23(29)11-14-31(24,30)7/h8,20-21,23-26,35H,9-19H2,1-7H3,(H,34,36)/t20-,21+,23+,24-,25+,26+,29+,30-,31-,32+/m1/s1. The Kier molecular flexibility index (Phi) is 6.68. The molecule has 4 fully saturated rings. The van der Waals surface area contributed by atoms with Crippen molar-refractivity contribution in [3.63, 3.8) is 0 Å². The van der Waals surface area contributed by atoms with Crippen molar-refractivity contribution in [1.29, 1.82) is 0 Å². The average Bonchev–Trinajstić information content (AvgIpc) is 2.83. The van der Waals surface area contributed by atoms with Gasteiger partial charge in [-0.1, -0.05) is 76.0 Å². The van der Waals surface area contributed by atoms with E-state index in [9.17, 15) is 9.90 Å². The predicted molar refractivity (Wildman–Crippen MR) is 152 cm³/mol. The van der Waals surface area contributed by atoms with Crippen LogP contribution in [0.1, 0.15) is 106 Å². The monoisotopic (exact) mass is 561 g/mol. The zero-order chi connectivity index (χ0) is 26.3. The van der Waals surface area contributed by atoms with Crippen LogP contribution in [0, 0.1) is 56.7 Å². The lowest BCUT2D eigenvalue weighted by molar-refractivity contribution is -0.204. The molecule has 4 saturated carbocycles. The molecule has 0 aliphatic heterocycles. The zero-order valence-electron chi connectivity index (χ0n) is 24.1. The van der Waals surface area contributed by atoms with Crippen molar-refractivity contribution in [2.24, 2.45) is 56.7 Å². The molecule has 3 nitrogen and oxygen atoms in total. The van der Waals surface area contributed by atoms with Crippen LogP contribution in [0.25, 0.3) is 0 Å². The molecule has 0 radical (unpaired) electrons. The summed E-state index contributed by atoms with van der Waals surface area (Å²) in [7, 11) is 0. The average molecular weight is 563 g/mol. The number of nitrogens with one attached hydrogen (secondary N) is 1. The molecule has 0 unspecified atom stereocenters. The Morgan fingerprint density at radius 3 is 2.42 bits per heavy atom. The normalized spacial score (nSPS) is 51.6. The van der Waals surface area contributed by atoms with Gasteiger partial charge in [0.25, 0.3) is 0 Å². The fraction of sp³-hybridized carbons (Fsp3) is 0.906. The molecule has 36 heavy (non-hydrogen) atoms. The van der Waals surface area contributed by atoms with Gasteiger partial charge in [0, 0.05) is 11.9 Å². The van der Waals surface area contributed by atoms with Gasteiger partial charge >= 0.3 is 0 Å². The van der Waals surface area contributed by atoms with Crippen LogP contribution in [0.4, 0.5) is 0 Å². The molecule has 0 spiro atoms. The summed E-state index contributed by atoms with van der Waals surface area (Å²) in [6, 6.07) is 0. The Hall–Kier alpha value is -0.350. The molecule has 0 bridgehead atoms. The summed E-state index contributed by atoms with van der Waals surface area (Å²) >= 11 is 3.52. The molecule has 10 atom stereocenters. The van der Waals surface area contributed by atoms with Gasteiger partial charge in [-0.25, -0.2) is 0 Å². The molecule has 5 rings (SSSR count). The molecule has 5 aliphatic carbocycles. The summed E-state index contributed by atoms with van der Waals surface area (Å²) in [5.41, 5.74) is 2.08. The second-order valence-electron chi connectivity index (χ2n) is 15.1. The molecule has 5 aliphatic rings. The molecule has 0 saturated heterocycles. The third-order valence-corrected chi connectivity index (χ3v) is 14.2. The highest BCUT2D eigenvalue weighted by molar-refractivity contribution is 9.09. The highest BCUT2D eigenvalue weighted by Gasteiger charge is 2.69. The summed E-state index contributed by atoms with van der Waals surface area (Å²) in [5, 5.41) is 15.1. The van der Waals surface area contributed by atoms with Gasteiger partial charge in [-0.3, -0.25) is 4.79 Å². The van der Waals surface area contributed by atoms with E-state index < -0.39 is 0 Å². The van der Waals surface area contributed by atoms with Crippen LogP contribution in [0.15, 0.2) is 11.6 Å². The van der Waals surface area contributed by atoms with E-state index in [0.717, 1.165) is 43.9 Å². The van der Waals surface area contributed by atoms with Gasteiger partial charge in [0.05, 0.1) is 11.5 Å². The van der Waals surface area contributed by atoms with Gasteiger partial charge in [0.15, 0.2) is 0 Å². The van der Waals surface area contributed by atoms with E-state index in [2.05, 4.69) is 75.8 Å². The molecule has 0 aromatic heterocycles. The maximum Gasteiger partial charge on any atom is 0.226 e. The van der Waals surface area contributed by atoms with Gasteiger partial charge in [0.1, 0.15) is 0 Å². The van der Waals surface area contributed by atoms with Crippen LogP contribution in [-0.4, -0.2) is 29.0 Å². The quantitative estimate of drug-likeness (QED) is 0.276. The molecule has 0 aromatic carbocycles. The van der Waals surface area contributed by atoms with Crippen molar-refractivity contribution in [2.45, 2.75) is 112 Å². The first-order valence-corrected chi connectivity index (χ1v) is 16.1. The summed E-state index contributed by atoms with van der Waals surface area (Å²) < 4.78 is 0. The summed E-state index contributed by atoms with van der Waals surface area (Å²) in [5.74, 6) is 3.11. The second kappa shape index (κ2) is 8.83. The highest BCUT2D eigenvalue weighted by atomic mass is 79.9. The van der Waals surface area contributed by atoms with Crippen LogP contribution in [-0.2, 0) is 4.79 Å². The summed E-state index contributed by atoms with van der Waals surface area (Å²) in [4.78, 5) is 13.9. The molecule has 204 valence electrons. The number of aliphatic hydroxyl groups excluding tert-OH is 1. The Morgan fingerprint density at radius 1 is 1.00 bits per heavy atom. The van der Waals surface area contributed by atoms with E-state index in [1.807, 2.05) is 0 Å². The number of hydrogen-bond donors (Lipinski definition) is 2. The third kappa shape index (κ3) is 3.40. The number of amides is 1. The molecular weight excluding hydrogens is 510 g/mol. The Balaban J connectivity index is 1.58. The first kappa shape index (κ1) is 27.2. The van der Waals surface area contributed by atoms with Gasteiger partial charge in [-0.15, -0.1) is 0 Å². The topological polar surface area (TPSA) is 49.3 Å². The van der Waals surface area contributed by atoms with Crippen molar-refractivity contribution < 1.29 is 9.90 Å². The van der Waals surface area contributed by atoms with Gasteiger partial charge in [-0.2, -0.15) is 0 Å². The van der Waals surface area contributed by atoms with E-state index in [1.54, 1.807) is 5.57 Å². The smallest absolute Gasteiger partial charge is 0.226 e. The number of aliphatic hydroxyl groups is 1. The van der Waals surface area contributed by atoms with Crippen LogP contribution >= 0.6 is 15.9 Å². The van der Waals surface area contributed by atoms with E-state index in [-0.39, 0.29) is 33.2 Å². The number of carbonyl (C=O) groups is 1. The van der Waals surface area contributed by atoms with Crippen molar-refractivity contribution in [3.05, 3.63) is 11.6 Å². The van der Waals surface area contributed by atoms with Crippen molar-refractivity contribution >= 4 is 21.8 Å². The van der Waals surface area contributed by atoms with Crippen molar-refractivity contribution in [1.82, 2.24) is 5.32 Å². The van der Waals surface area contributed by atoms with Crippen molar-refractivity contribution in [2.75, 3.05) is 11.9 Å². The number of hydrogen-bond acceptors (Lipinski definition) is 2. The molecule has 1 amide bonds. The van der Waals surface area contributed by atoms with E-state index in [4.69, 9.17) is 0 Å². The number of alkyl halides is 1.